The van der Waals surface area contributed by atoms with Crippen molar-refractivity contribution >= 4 is 16.7 Å². The van der Waals surface area contributed by atoms with E-state index in [1.165, 1.54) is 0 Å². The molecule has 1 fully saturated rings. The van der Waals surface area contributed by atoms with Crippen LogP contribution in [0.15, 0.2) is 36.4 Å². The number of carbonyl (C=O) groups is 1. The monoisotopic (exact) mass is 340 g/mol. The lowest BCUT2D eigenvalue weighted by Crippen LogP contribution is -2.43. The molecule has 4 heteroatoms. The number of amides is 1. The van der Waals surface area contributed by atoms with E-state index in [9.17, 15) is 4.79 Å². The average Bonchev–Trinajstić information content (AvgIpc) is 2.66. The zero-order valence-corrected chi connectivity index (χ0v) is 15.4. The summed E-state index contributed by atoms with van der Waals surface area (Å²) in [5.41, 5.74) is 7.07. The van der Waals surface area contributed by atoms with Crippen LogP contribution in [0.25, 0.3) is 10.8 Å². The zero-order valence-electron chi connectivity index (χ0n) is 15.4. The van der Waals surface area contributed by atoms with Gasteiger partial charge in [-0.3, -0.25) is 4.79 Å². The molecule has 134 valence electrons. The molecule has 4 nitrogen and oxygen atoms in total. The van der Waals surface area contributed by atoms with Gasteiger partial charge in [0.15, 0.2) is 0 Å². The molecular formula is C21H28N2O2. The summed E-state index contributed by atoms with van der Waals surface area (Å²) in [4.78, 5) is 14.9. The Morgan fingerprint density at radius 3 is 2.40 bits per heavy atom. The van der Waals surface area contributed by atoms with Gasteiger partial charge < -0.3 is 15.4 Å². The van der Waals surface area contributed by atoms with Crippen molar-refractivity contribution in [2.75, 3.05) is 20.2 Å². The first-order valence-electron chi connectivity index (χ1n) is 9.11. The highest BCUT2D eigenvalue weighted by Gasteiger charge is 2.28. The van der Waals surface area contributed by atoms with Crippen LogP contribution >= 0.6 is 0 Å². The Balaban J connectivity index is 1.73. The van der Waals surface area contributed by atoms with Crippen LogP contribution in [0.3, 0.4) is 0 Å². The summed E-state index contributed by atoms with van der Waals surface area (Å²) in [7, 11) is 1.67. The summed E-state index contributed by atoms with van der Waals surface area (Å²) in [5.74, 6) is 1.48. The first kappa shape index (κ1) is 17.7. The Morgan fingerprint density at radius 2 is 1.76 bits per heavy atom. The fourth-order valence-corrected chi connectivity index (χ4v) is 3.70. The van der Waals surface area contributed by atoms with E-state index < -0.39 is 0 Å². The number of carbonyl (C=O) groups excluding carboxylic acids is 1. The minimum Gasteiger partial charge on any atom is -0.497 e. The molecule has 2 N–H and O–H groups in total. The van der Waals surface area contributed by atoms with Gasteiger partial charge >= 0.3 is 0 Å². The van der Waals surface area contributed by atoms with E-state index in [2.05, 4.69) is 25.1 Å². The lowest BCUT2D eigenvalue weighted by atomic mass is 9.89. The van der Waals surface area contributed by atoms with Gasteiger partial charge in [0.25, 0.3) is 0 Å². The molecule has 1 aliphatic rings. The first-order valence-corrected chi connectivity index (χ1v) is 9.11. The Morgan fingerprint density at radius 1 is 1.12 bits per heavy atom. The number of ether oxygens (including phenoxy) is 1. The van der Waals surface area contributed by atoms with Crippen LogP contribution < -0.4 is 10.5 Å². The standard InChI is InChI=1S/C21H28N2O2/c1-14(21(24)23-10-8-16(9-11-23)15(2)22)17-4-5-19-13-20(25-3)7-6-18(19)12-17/h4-7,12-16H,8-11,22H2,1-3H3. The van der Waals surface area contributed by atoms with Gasteiger partial charge in [-0.15, -0.1) is 0 Å². The van der Waals surface area contributed by atoms with Crippen LogP contribution in [0.2, 0.25) is 0 Å². The molecular weight excluding hydrogens is 312 g/mol. The number of hydrogen-bond acceptors (Lipinski definition) is 3. The van der Waals surface area contributed by atoms with Gasteiger partial charge in [-0.05, 0) is 61.1 Å². The maximum Gasteiger partial charge on any atom is 0.229 e. The molecule has 1 saturated heterocycles. The normalized spacial score (nSPS) is 18.2. The van der Waals surface area contributed by atoms with Crippen LogP contribution in [0.1, 0.15) is 38.2 Å². The Labute approximate surface area is 149 Å². The molecule has 0 aromatic heterocycles. The largest absolute Gasteiger partial charge is 0.497 e. The van der Waals surface area contributed by atoms with Gasteiger partial charge in [0.1, 0.15) is 5.75 Å². The van der Waals surface area contributed by atoms with Gasteiger partial charge in [0.05, 0.1) is 13.0 Å². The van der Waals surface area contributed by atoms with Crippen molar-refractivity contribution in [1.29, 1.82) is 0 Å². The van der Waals surface area contributed by atoms with E-state index in [1.54, 1.807) is 7.11 Å². The maximum absolute atomic E-state index is 12.9. The number of rotatable bonds is 4. The number of nitrogens with zero attached hydrogens (tertiary/aromatic N) is 1. The van der Waals surface area contributed by atoms with Crippen molar-refractivity contribution in [2.45, 2.75) is 38.6 Å². The molecule has 0 spiro atoms. The zero-order chi connectivity index (χ0) is 18.0. The molecule has 0 bridgehead atoms. The number of benzene rings is 2. The van der Waals surface area contributed by atoms with Crippen LogP contribution in [-0.2, 0) is 4.79 Å². The van der Waals surface area contributed by atoms with Crippen molar-refractivity contribution in [3.63, 3.8) is 0 Å². The van der Waals surface area contributed by atoms with Crippen LogP contribution in [0.5, 0.6) is 5.75 Å². The van der Waals surface area contributed by atoms with E-state index in [1.807, 2.05) is 30.0 Å². The predicted molar refractivity (Wildman–Crippen MR) is 102 cm³/mol. The van der Waals surface area contributed by atoms with Gasteiger partial charge in [0, 0.05) is 19.1 Å². The van der Waals surface area contributed by atoms with Crippen molar-refractivity contribution in [2.24, 2.45) is 11.7 Å². The molecule has 1 aliphatic heterocycles. The summed E-state index contributed by atoms with van der Waals surface area (Å²) < 4.78 is 5.27. The van der Waals surface area contributed by atoms with E-state index >= 15 is 0 Å². The molecule has 1 amide bonds. The van der Waals surface area contributed by atoms with E-state index in [0.717, 1.165) is 48.0 Å². The molecule has 2 aromatic carbocycles. The fraction of sp³-hybridized carbons (Fsp3) is 0.476. The third-order valence-corrected chi connectivity index (χ3v) is 5.54. The summed E-state index contributed by atoms with van der Waals surface area (Å²) in [6, 6.07) is 12.5. The van der Waals surface area contributed by atoms with E-state index in [4.69, 9.17) is 10.5 Å². The Kier molecular flexibility index (Phi) is 5.28. The first-order chi connectivity index (χ1) is 12.0. The SMILES string of the molecule is COc1ccc2cc(C(C)C(=O)N3CCC(C(C)N)CC3)ccc2c1. The lowest BCUT2D eigenvalue weighted by molar-refractivity contribution is -0.133. The molecule has 2 atom stereocenters. The second-order valence-corrected chi connectivity index (χ2v) is 7.22. The number of hydrogen-bond donors (Lipinski definition) is 1. The number of methoxy groups -OCH3 is 1. The number of nitrogens with two attached hydrogens (primary N) is 1. The van der Waals surface area contributed by atoms with Gasteiger partial charge in [-0.2, -0.15) is 0 Å². The molecule has 0 saturated carbocycles. The molecule has 25 heavy (non-hydrogen) atoms. The molecule has 1 heterocycles. The number of likely N-dealkylation sites (tertiary alicyclic amines) is 1. The second-order valence-electron chi connectivity index (χ2n) is 7.22. The van der Waals surface area contributed by atoms with Crippen molar-refractivity contribution in [3.05, 3.63) is 42.0 Å². The molecule has 2 aromatic rings. The van der Waals surface area contributed by atoms with Gasteiger partial charge in [-0.25, -0.2) is 0 Å². The van der Waals surface area contributed by atoms with Gasteiger partial charge in [-0.1, -0.05) is 24.3 Å². The van der Waals surface area contributed by atoms with Crippen LogP contribution in [-0.4, -0.2) is 37.0 Å². The summed E-state index contributed by atoms with van der Waals surface area (Å²) >= 11 is 0. The Bertz CT molecular complexity index is 749. The quantitative estimate of drug-likeness (QED) is 0.926. The average molecular weight is 340 g/mol. The fourth-order valence-electron chi connectivity index (χ4n) is 3.70. The topological polar surface area (TPSA) is 55.6 Å². The van der Waals surface area contributed by atoms with Crippen molar-refractivity contribution < 1.29 is 9.53 Å². The van der Waals surface area contributed by atoms with Crippen LogP contribution in [0, 0.1) is 5.92 Å². The number of piperidine rings is 1. The molecule has 0 radical (unpaired) electrons. The molecule has 2 unspecified atom stereocenters. The van der Waals surface area contributed by atoms with Crippen LogP contribution in [0.4, 0.5) is 0 Å². The van der Waals surface area contributed by atoms with E-state index in [0.29, 0.717) is 5.92 Å². The Hall–Kier alpha value is -2.07. The van der Waals surface area contributed by atoms with Crippen molar-refractivity contribution in [3.8, 4) is 5.75 Å². The molecule has 0 aliphatic carbocycles. The molecule has 3 rings (SSSR count). The summed E-state index contributed by atoms with van der Waals surface area (Å²) in [5, 5.41) is 2.26. The highest BCUT2D eigenvalue weighted by atomic mass is 16.5. The maximum atomic E-state index is 12.9. The van der Waals surface area contributed by atoms with Gasteiger partial charge in [0.2, 0.25) is 5.91 Å². The third kappa shape index (κ3) is 3.79. The smallest absolute Gasteiger partial charge is 0.229 e. The van der Waals surface area contributed by atoms with E-state index in [-0.39, 0.29) is 17.9 Å². The highest BCUT2D eigenvalue weighted by Crippen LogP contribution is 2.28. The summed E-state index contributed by atoms with van der Waals surface area (Å²) in [6.07, 6.45) is 2.02. The lowest BCUT2D eigenvalue weighted by Gasteiger charge is -2.35. The minimum atomic E-state index is -0.127. The summed E-state index contributed by atoms with van der Waals surface area (Å²) in [6.45, 7) is 5.71. The minimum absolute atomic E-state index is 0.127. The number of fused-ring (bicyclic) bond motifs is 1. The third-order valence-electron chi connectivity index (χ3n) is 5.54. The highest BCUT2D eigenvalue weighted by molar-refractivity contribution is 5.88. The van der Waals surface area contributed by atoms with Crippen molar-refractivity contribution in [1.82, 2.24) is 4.90 Å². The predicted octanol–water partition coefficient (Wildman–Crippen LogP) is 3.54. The second kappa shape index (κ2) is 7.44.